The van der Waals surface area contributed by atoms with Crippen molar-refractivity contribution in [1.82, 2.24) is 25.8 Å². The largest absolute Gasteiger partial charge is 0.446 e. The van der Waals surface area contributed by atoms with Gasteiger partial charge in [-0.15, -0.1) is 0 Å². The summed E-state index contributed by atoms with van der Waals surface area (Å²) < 4.78 is 11.5. The van der Waals surface area contributed by atoms with Crippen molar-refractivity contribution < 1.29 is 28.7 Å². The van der Waals surface area contributed by atoms with Gasteiger partial charge in [0.15, 0.2) is 0 Å². The van der Waals surface area contributed by atoms with Crippen LogP contribution in [-0.4, -0.2) is 97.9 Å². The first-order chi connectivity index (χ1) is 26.8. The molecule has 4 unspecified atom stereocenters. The molecule has 11 nitrogen and oxygen atoms in total. The zero-order valence-electron chi connectivity index (χ0n) is 37.3. The number of nitrogens with zero attached hydrogens (tertiary/aromatic N) is 2. The highest BCUT2D eigenvalue weighted by molar-refractivity contribution is 5.87. The summed E-state index contributed by atoms with van der Waals surface area (Å²) in [5, 5.41) is 8.77. The lowest BCUT2D eigenvalue weighted by Gasteiger charge is -2.58. The van der Waals surface area contributed by atoms with Crippen LogP contribution in [0, 0.1) is 46.3 Å². The van der Waals surface area contributed by atoms with Crippen LogP contribution in [0.3, 0.4) is 0 Å². The van der Waals surface area contributed by atoms with Crippen LogP contribution in [0.1, 0.15) is 145 Å². The Morgan fingerprint density at radius 3 is 2.40 bits per heavy atom. The van der Waals surface area contributed by atoms with Gasteiger partial charge in [-0.1, -0.05) is 65.5 Å². The molecule has 10 atom stereocenters. The van der Waals surface area contributed by atoms with E-state index in [9.17, 15) is 19.2 Å². The van der Waals surface area contributed by atoms with Crippen LogP contribution in [-0.2, 0) is 19.1 Å². The summed E-state index contributed by atoms with van der Waals surface area (Å²) in [5.41, 5.74) is 1.48. The molecule has 0 bridgehead atoms. The smallest absolute Gasteiger partial charge is 0.411 e. The minimum atomic E-state index is -0.733. The Morgan fingerprint density at radius 1 is 0.947 bits per heavy atom. The third-order valence-electron chi connectivity index (χ3n) is 14.8. The topological polar surface area (TPSA) is 129 Å². The first-order valence-corrected chi connectivity index (χ1v) is 22.7. The molecule has 0 radical (unpaired) electrons. The number of nitrogens with one attached hydrogen (secondary N) is 3. The monoisotopic (exact) mass is 798 g/mol. The Morgan fingerprint density at radius 2 is 1.70 bits per heavy atom. The first kappa shape index (κ1) is 45.3. The van der Waals surface area contributed by atoms with E-state index in [1.807, 2.05) is 19.0 Å². The van der Waals surface area contributed by atoms with E-state index in [0.29, 0.717) is 37.9 Å². The van der Waals surface area contributed by atoms with E-state index in [0.717, 1.165) is 54.8 Å². The second-order valence-electron chi connectivity index (χ2n) is 20.8. The van der Waals surface area contributed by atoms with E-state index < -0.39 is 23.8 Å². The first-order valence-electron chi connectivity index (χ1n) is 22.7. The number of ether oxygens (including phenoxy) is 2. The highest BCUT2D eigenvalue weighted by Gasteiger charge is 2.59. The lowest BCUT2D eigenvalue weighted by atomic mass is 9.47. The zero-order valence-corrected chi connectivity index (χ0v) is 37.3. The second kappa shape index (κ2) is 19.1. The molecule has 5 rings (SSSR count). The van der Waals surface area contributed by atoms with Crippen LogP contribution < -0.4 is 16.0 Å². The van der Waals surface area contributed by atoms with Crippen LogP contribution in [0.2, 0.25) is 0 Å². The number of rotatable bonds is 15. The lowest BCUT2D eigenvalue weighted by molar-refractivity contribution is -0.125. The molecule has 0 aromatic heterocycles. The fourth-order valence-corrected chi connectivity index (χ4v) is 11.9. The average Bonchev–Trinajstić information content (AvgIpc) is 3.70. The summed E-state index contributed by atoms with van der Waals surface area (Å²) in [7, 11) is 3.85. The van der Waals surface area contributed by atoms with Crippen LogP contribution in [0.15, 0.2) is 11.6 Å². The number of carbonyl (C=O) groups is 4. The van der Waals surface area contributed by atoms with Gasteiger partial charge >= 0.3 is 12.2 Å². The van der Waals surface area contributed by atoms with Gasteiger partial charge in [0.1, 0.15) is 17.7 Å². The van der Waals surface area contributed by atoms with Crippen molar-refractivity contribution >= 4 is 24.0 Å². The Balaban J connectivity index is 1.04. The molecule has 4 aliphatic carbocycles. The Kier molecular flexibility index (Phi) is 15.1. The van der Waals surface area contributed by atoms with Crippen LogP contribution in [0.25, 0.3) is 0 Å². The average molecular weight is 798 g/mol. The highest BCUT2D eigenvalue weighted by atomic mass is 16.6. The minimum Gasteiger partial charge on any atom is -0.446 e. The summed E-state index contributed by atoms with van der Waals surface area (Å²) in [6, 6.07) is -1.11. The van der Waals surface area contributed by atoms with Gasteiger partial charge in [0.05, 0.1) is 0 Å². The molecule has 57 heavy (non-hydrogen) atoms. The van der Waals surface area contributed by atoms with Crippen molar-refractivity contribution in [2.45, 2.75) is 169 Å². The Bertz CT molecular complexity index is 1440. The Hall–Kier alpha value is -2.82. The van der Waals surface area contributed by atoms with Crippen LogP contribution >= 0.6 is 0 Å². The quantitative estimate of drug-likeness (QED) is 0.113. The number of likely N-dealkylation sites (tertiary alicyclic amines) is 1. The predicted octanol–water partition coefficient (Wildman–Crippen LogP) is 8.07. The molecule has 1 heterocycles. The third-order valence-corrected chi connectivity index (χ3v) is 14.8. The number of likely N-dealkylation sites (N-methyl/N-ethyl adjacent to an activating group) is 1. The van der Waals surface area contributed by atoms with E-state index in [-0.39, 0.29) is 42.3 Å². The molecule has 324 valence electrons. The van der Waals surface area contributed by atoms with Crippen LogP contribution in [0.4, 0.5) is 9.59 Å². The summed E-state index contributed by atoms with van der Waals surface area (Å²) >= 11 is 0. The number of hydrogen-bond acceptors (Lipinski definition) is 7. The van der Waals surface area contributed by atoms with Crippen molar-refractivity contribution in [3.8, 4) is 0 Å². The summed E-state index contributed by atoms with van der Waals surface area (Å²) in [5.74, 6) is 4.37. The second-order valence-corrected chi connectivity index (χ2v) is 20.8. The maximum Gasteiger partial charge on any atom is 0.411 e. The summed E-state index contributed by atoms with van der Waals surface area (Å²) in [4.78, 5) is 55.3. The molecular formula is C46H79N5O6. The van der Waals surface area contributed by atoms with E-state index >= 15 is 0 Å². The van der Waals surface area contributed by atoms with Gasteiger partial charge in [-0.05, 0) is 139 Å². The fourth-order valence-electron chi connectivity index (χ4n) is 11.9. The predicted molar refractivity (Wildman–Crippen MR) is 225 cm³/mol. The van der Waals surface area contributed by atoms with Crippen molar-refractivity contribution in [2.75, 3.05) is 40.3 Å². The van der Waals surface area contributed by atoms with Gasteiger partial charge in [-0.2, -0.15) is 0 Å². The van der Waals surface area contributed by atoms with Gasteiger partial charge in [0, 0.05) is 45.1 Å². The van der Waals surface area contributed by atoms with Gasteiger partial charge in [0.2, 0.25) is 11.8 Å². The van der Waals surface area contributed by atoms with Crippen molar-refractivity contribution in [3.63, 3.8) is 0 Å². The highest BCUT2D eigenvalue weighted by Crippen LogP contribution is 2.67. The van der Waals surface area contributed by atoms with Crippen LogP contribution in [0.5, 0.6) is 0 Å². The summed E-state index contributed by atoms with van der Waals surface area (Å²) in [6.07, 6.45) is 16.0. The number of amides is 4. The molecular weight excluding hydrogens is 719 g/mol. The maximum atomic E-state index is 13.1. The summed E-state index contributed by atoms with van der Waals surface area (Å²) in [6.45, 7) is 19.4. The van der Waals surface area contributed by atoms with Crippen molar-refractivity contribution in [1.29, 1.82) is 0 Å². The SMILES string of the molecule is CC(C)CCC[C@@H](C)[C@H]1CCC2C3CC=C4CC(OC(=O)NCCCC(=O)N[C@H]5C[C@@H](C(=O)NCCN(C)C)N(C(=O)OC(C)(C)C)C5)CC[C@]4(C)C3CC[C@@]21C. The molecule has 1 aliphatic heterocycles. The molecule has 4 amide bonds. The fraction of sp³-hybridized carbons (Fsp3) is 0.870. The molecule has 0 aromatic rings. The molecule has 4 fully saturated rings. The van der Waals surface area contributed by atoms with Gasteiger partial charge < -0.3 is 30.3 Å². The van der Waals surface area contributed by atoms with Gasteiger partial charge in [0.25, 0.3) is 0 Å². The zero-order chi connectivity index (χ0) is 41.7. The number of alkyl carbamates (subject to hydrolysis) is 1. The van der Waals surface area contributed by atoms with Gasteiger partial charge in [-0.25, -0.2) is 9.59 Å². The molecule has 0 aromatic carbocycles. The lowest BCUT2D eigenvalue weighted by Crippen LogP contribution is -2.51. The molecule has 3 saturated carbocycles. The number of fused-ring (bicyclic) bond motifs is 5. The molecule has 1 saturated heterocycles. The third kappa shape index (κ3) is 11.3. The van der Waals surface area contributed by atoms with E-state index in [1.54, 1.807) is 20.8 Å². The number of carbonyl (C=O) groups excluding carboxylic acids is 4. The minimum absolute atomic E-state index is 0.121. The molecule has 0 spiro atoms. The van der Waals surface area contributed by atoms with Crippen molar-refractivity contribution in [3.05, 3.63) is 11.6 Å². The maximum absolute atomic E-state index is 13.1. The standard InChI is InChI=1S/C46H79N5O6/c1-30(2)13-11-14-31(3)36-18-19-37-35-17-16-32-27-34(20-22-45(32,7)38(35)21-23-46(36,37)8)56-42(54)48-24-12-15-40(52)49-33-28-39(41(53)47-25-26-50(9)10)51(29-33)43(55)57-44(4,5)6/h16,30-31,33-39H,11-15,17-29H2,1-10H3,(H,47,53)(H,48,54)(H,49,52)/t31-,33+,34?,35?,36-,37?,38?,39+,45+,46-/m1/s1. The Labute approximate surface area is 344 Å². The van der Waals surface area contributed by atoms with Gasteiger partial charge in [-0.3, -0.25) is 14.5 Å². The molecule has 5 aliphatic rings. The number of hydrogen-bond donors (Lipinski definition) is 3. The normalized spacial score (nSPS) is 32.8. The van der Waals surface area contributed by atoms with Crippen molar-refractivity contribution in [2.24, 2.45) is 46.3 Å². The number of allylic oxidation sites excluding steroid dienone is 1. The van der Waals surface area contributed by atoms with E-state index in [2.05, 4.69) is 56.6 Å². The molecule has 11 heteroatoms. The van der Waals surface area contributed by atoms with E-state index in [4.69, 9.17) is 9.47 Å². The van der Waals surface area contributed by atoms with E-state index in [1.165, 1.54) is 61.8 Å². The molecule has 3 N–H and O–H groups in total.